The highest BCUT2D eigenvalue weighted by Gasteiger charge is 2.21. The fraction of sp³-hybridized carbons (Fsp3) is 0.438. The molecule has 6 nitrogen and oxygen atoms in total. The number of piperidine rings is 1. The number of fused-ring (bicyclic) bond motifs is 1. The van der Waals surface area contributed by atoms with Crippen LogP contribution < -0.4 is 11.1 Å². The van der Waals surface area contributed by atoms with Crippen molar-refractivity contribution in [2.75, 3.05) is 33.7 Å². The normalized spacial score (nSPS) is 15.6. The third kappa shape index (κ3) is 9.15. The summed E-state index contributed by atoms with van der Waals surface area (Å²) in [6.45, 7) is 5.60. The van der Waals surface area contributed by atoms with E-state index in [0.29, 0.717) is 0 Å². The van der Waals surface area contributed by atoms with Crippen molar-refractivity contribution < 1.29 is 13.7 Å². The van der Waals surface area contributed by atoms with Gasteiger partial charge in [-0.2, -0.15) is 0 Å². The van der Waals surface area contributed by atoms with E-state index in [-0.39, 0.29) is 12.2 Å². The van der Waals surface area contributed by atoms with Gasteiger partial charge in [0.1, 0.15) is 5.82 Å². The van der Waals surface area contributed by atoms with E-state index in [9.17, 15) is 4.39 Å². The Morgan fingerprint density at radius 3 is 2.46 bits per heavy atom. The summed E-state index contributed by atoms with van der Waals surface area (Å²) in [6.07, 6.45) is 15.1. The van der Waals surface area contributed by atoms with Crippen LogP contribution in [0.1, 0.15) is 54.5 Å². The molecule has 210 valence electrons. The molecule has 1 aromatic heterocycles. The zero-order valence-corrected chi connectivity index (χ0v) is 23.6. The second-order valence-corrected chi connectivity index (χ2v) is 10.3. The number of carbonyl (C=O) groups excluding carboxylic acids is 1. The highest BCUT2D eigenvalue weighted by molar-refractivity contribution is 5.83. The fourth-order valence-electron chi connectivity index (χ4n) is 5.24. The number of hydrogen-bond donors (Lipinski definition) is 2. The molecule has 2 heterocycles. The van der Waals surface area contributed by atoms with Crippen molar-refractivity contribution in [3.05, 3.63) is 88.4 Å². The molecule has 1 amide bonds. The second-order valence-electron chi connectivity index (χ2n) is 10.3. The molecule has 2 aliphatic rings. The van der Waals surface area contributed by atoms with Crippen LogP contribution in [0.5, 0.6) is 0 Å². The number of nitrogens with two attached hydrogens (primary N) is 1. The largest absolute Gasteiger partial charge is 0.372 e. The molecular formula is C32H43FN4O2. The van der Waals surface area contributed by atoms with Gasteiger partial charge in [-0.25, -0.2) is 4.39 Å². The lowest BCUT2D eigenvalue weighted by Gasteiger charge is -2.32. The molecule has 0 saturated carbocycles. The maximum absolute atomic E-state index is 13.2. The van der Waals surface area contributed by atoms with Gasteiger partial charge in [0.25, 0.3) is 0 Å². The van der Waals surface area contributed by atoms with Gasteiger partial charge in [-0.05, 0) is 125 Å². The number of nitrogens with zero attached hydrogens (tertiary/aromatic N) is 2. The maximum Gasteiger partial charge on any atom is 0.204 e. The number of aryl methyl sites for hydroxylation is 2. The summed E-state index contributed by atoms with van der Waals surface area (Å²) >= 11 is 0. The third-order valence-corrected chi connectivity index (χ3v) is 7.36. The van der Waals surface area contributed by atoms with Crippen molar-refractivity contribution in [1.82, 2.24) is 15.4 Å². The first kappa shape index (κ1) is 30.3. The van der Waals surface area contributed by atoms with Crippen LogP contribution in [-0.4, -0.2) is 50.2 Å². The first-order valence-corrected chi connectivity index (χ1v) is 13.9. The Labute approximate surface area is 232 Å². The summed E-state index contributed by atoms with van der Waals surface area (Å²) in [6, 6.07) is 11.1. The van der Waals surface area contributed by atoms with E-state index in [1.54, 1.807) is 0 Å². The summed E-state index contributed by atoms with van der Waals surface area (Å²) in [5.41, 5.74) is 11.1. The standard InChI is InChI=1S/C29H33FN2O.C2H7N.CH3NO/c1-21-25(19-23-7-11-26(30)12-8-23)10-13-27-28(31-33-29(21)27)14-9-22-15-17-32(18-16-22)20-24-5-3-2-4-6-24;1-3-2;2-1-3/h3,5-8,10-13,22H,2,4,9,14-20H2,1H3;3H,1-2H3;1H,(H2,2,3). The zero-order chi connectivity index (χ0) is 28.0. The number of halogens is 1. The maximum atomic E-state index is 13.2. The van der Waals surface area contributed by atoms with Gasteiger partial charge in [-0.1, -0.05) is 41.6 Å². The molecule has 3 aromatic rings. The van der Waals surface area contributed by atoms with Crippen molar-refractivity contribution in [2.24, 2.45) is 11.7 Å². The van der Waals surface area contributed by atoms with Crippen molar-refractivity contribution in [3.8, 4) is 0 Å². The smallest absolute Gasteiger partial charge is 0.204 e. The van der Waals surface area contributed by atoms with E-state index < -0.39 is 0 Å². The number of rotatable bonds is 7. The van der Waals surface area contributed by atoms with E-state index in [1.165, 1.54) is 68.5 Å². The van der Waals surface area contributed by atoms with Crippen LogP contribution in [0.2, 0.25) is 0 Å². The molecule has 0 spiro atoms. The van der Waals surface area contributed by atoms with E-state index in [1.807, 2.05) is 26.2 Å². The van der Waals surface area contributed by atoms with Crippen molar-refractivity contribution >= 4 is 17.4 Å². The molecule has 0 bridgehead atoms. The lowest BCUT2D eigenvalue weighted by molar-refractivity contribution is -0.106. The summed E-state index contributed by atoms with van der Waals surface area (Å²) in [7, 11) is 3.75. The summed E-state index contributed by atoms with van der Waals surface area (Å²) in [5.74, 6) is 0.568. The zero-order valence-electron chi connectivity index (χ0n) is 23.6. The van der Waals surface area contributed by atoms with Gasteiger partial charge in [0, 0.05) is 11.9 Å². The molecule has 1 aliphatic heterocycles. The molecule has 0 radical (unpaired) electrons. The van der Waals surface area contributed by atoms with Gasteiger partial charge in [0.15, 0.2) is 5.58 Å². The predicted molar refractivity (Wildman–Crippen MR) is 157 cm³/mol. The number of amides is 1. The number of aromatic nitrogens is 1. The number of benzene rings is 2. The van der Waals surface area contributed by atoms with Crippen molar-refractivity contribution in [1.29, 1.82) is 0 Å². The Hall–Kier alpha value is -3.29. The van der Waals surface area contributed by atoms with Crippen LogP contribution in [0.15, 0.2) is 64.7 Å². The molecule has 0 atom stereocenters. The van der Waals surface area contributed by atoms with Crippen LogP contribution in [0, 0.1) is 18.7 Å². The van der Waals surface area contributed by atoms with Gasteiger partial charge >= 0.3 is 0 Å². The fourth-order valence-corrected chi connectivity index (χ4v) is 5.24. The molecule has 39 heavy (non-hydrogen) atoms. The summed E-state index contributed by atoms with van der Waals surface area (Å²) in [4.78, 5) is 11.2. The molecule has 1 saturated heterocycles. The van der Waals surface area contributed by atoms with Crippen LogP contribution in [0.3, 0.4) is 0 Å². The first-order chi connectivity index (χ1) is 19.0. The van der Waals surface area contributed by atoms with E-state index in [2.05, 4.69) is 58.4 Å². The highest BCUT2D eigenvalue weighted by atomic mass is 19.1. The Bertz CT molecular complexity index is 1220. The van der Waals surface area contributed by atoms with Crippen LogP contribution >= 0.6 is 0 Å². The average molecular weight is 535 g/mol. The van der Waals surface area contributed by atoms with Crippen molar-refractivity contribution in [3.63, 3.8) is 0 Å². The average Bonchev–Trinajstić information content (AvgIpc) is 3.36. The minimum absolute atomic E-state index is 0.199. The molecule has 0 unspecified atom stereocenters. The Morgan fingerprint density at radius 1 is 1.13 bits per heavy atom. The van der Waals surface area contributed by atoms with Crippen LogP contribution in [-0.2, 0) is 17.6 Å². The molecule has 1 aliphatic carbocycles. The van der Waals surface area contributed by atoms with E-state index in [0.717, 1.165) is 53.1 Å². The Kier molecular flexibility index (Phi) is 12.4. The summed E-state index contributed by atoms with van der Waals surface area (Å²) in [5, 5.41) is 8.33. The minimum Gasteiger partial charge on any atom is -0.372 e. The van der Waals surface area contributed by atoms with E-state index >= 15 is 0 Å². The Balaban J connectivity index is 0.000000643. The molecular weight excluding hydrogens is 491 g/mol. The first-order valence-electron chi connectivity index (χ1n) is 13.9. The van der Waals surface area contributed by atoms with Gasteiger partial charge < -0.3 is 15.6 Å². The number of carbonyl (C=O) groups is 1. The number of likely N-dealkylation sites (tertiary alicyclic amines) is 1. The van der Waals surface area contributed by atoms with Gasteiger partial charge in [-0.3, -0.25) is 9.69 Å². The lowest BCUT2D eigenvalue weighted by Crippen LogP contribution is -2.35. The van der Waals surface area contributed by atoms with Crippen LogP contribution in [0.4, 0.5) is 4.39 Å². The quantitative estimate of drug-likeness (QED) is 0.379. The molecule has 7 heteroatoms. The number of allylic oxidation sites excluding steroid dienone is 2. The van der Waals surface area contributed by atoms with E-state index in [4.69, 9.17) is 9.32 Å². The van der Waals surface area contributed by atoms with Crippen molar-refractivity contribution in [2.45, 2.75) is 51.9 Å². The third-order valence-electron chi connectivity index (χ3n) is 7.36. The number of nitrogens with one attached hydrogen (secondary N) is 1. The molecule has 2 aromatic carbocycles. The van der Waals surface area contributed by atoms with Gasteiger partial charge in [-0.15, -0.1) is 0 Å². The predicted octanol–water partition coefficient (Wildman–Crippen LogP) is 5.72. The molecule has 3 N–H and O–H groups in total. The lowest BCUT2D eigenvalue weighted by atomic mass is 9.90. The van der Waals surface area contributed by atoms with Gasteiger partial charge in [0.2, 0.25) is 6.41 Å². The highest BCUT2D eigenvalue weighted by Crippen LogP contribution is 2.29. The number of hydrogen-bond acceptors (Lipinski definition) is 5. The van der Waals surface area contributed by atoms with Gasteiger partial charge in [0.05, 0.1) is 5.69 Å². The SMILES string of the molecule is CNC.Cc1c(Cc2ccc(F)cc2)ccc2c(CCC3CCN(CC4=CCCC=C4)CC3)noc12.NC=O. The topological polar surface area (TPSA) is 84.4 Å². The Morgan fingerprint density at radius 2 is 1.82 bits per heavy atom. The minimum atomic E-state index is -0.199. The van der Waals surface area contributed by atoms with Crippen LogP contribution in [0.25, 0.3) is 11.0 Å². The molecule has 5 rings (SSSR count). The number of primary amides is 1. The molecule has 1 fully saturated rings. The monoisotopic (exact) mass is 534 g/mol. The summed E-state index contributed by atoms with van der Waals surface area (Å²) < 4.78 is 19.0. The second kappa shape index (κ2) is 16.0.